The fourth-order valence-corrected chi connectivity index (χ4v) is 3.40. The minimum atomic E-state index is -0.259. The summed E-state index contributed by atoms with van der Waals surface area (Å²) in [5.74, 6) is 0. The van der Waals surface area contributed by atoms with Gasteiger partial charge in [0, 0.05) is 21.3 Å². The molecule has 0 spiro atoms. The number of ether oxygens (including phenoxy) is 1. The Labute approximate surface area is 72.5 Å². The Morgan fingerprint density at radius 1 is 1.70 bits per heavy atom. The standard InChI is InChI=1S/C5H9NOS3/c8-10(9)6-2-5-1-4(6)3-7-5/h4-5H,1-3H2,(H,8,9). The van der Waals surface area contributed by atoms with Gasteiger partial charge in [-0.2, -0.15) is 0 Å². The summed E-state index contributed by atoms with van der Waals surface area (Å²) in [6, 6.07) is 0.573. The number of fused-ring (bicyclic) bond motifs is 2. The molecule has 0 radical (unpaired) electrons. The van der Waals surface area contributed by atoms with E-state index in [2.05, 4.69) is 16.0 Å². The van der Waals surface area contributed by atoms with Crippen molar-refractivity contribution < 1.29 is 4.74 Å². The average molecular weight is 195 g/mol. The molecule has 10 heavy (non-hydrogen) atoms. The third-order valence-electron chi connectivity index (χ3n) is 2.05. The molecule has 0 saturated carbocycles. The highest BCUT2D eigenvalue weighted by Gasteiger charge is 2.39. The second-order valence-corrected chi connectivity index (χ2v) is 6.33. The Balaban J connectivity index is 2.08. The van der Waals surface area contributed by atoms with Gasteiger partial charge in [0.25, 0.3) is 0 Å². The summed E-state index contributed by atoms with van der Waals surface area (Å²) in [7, 11) is -0.259. The van der Waals surface area contributed by atoms with Crippen molar-refractivity contribution in [3.8, 4) is 0 Å². The summed E-state index contributed by atoms with van der Waals surface area (Å²) in [5.41, 5.74) is 0. The van der Waals surface area contributed by atoms with Crippen LogP contribution in [0.15, 0.2) is 0 Å². The van der Waals surface area contributed by atoms with E-state index in [4.69, 9.17) is 15.9 Å². The van der Waals surface area contributed by atoms with Crippen LogP contribution in [0.4, 0.5) is 0 Å². The molecule has 2 bridgehead atoms. The third-order valence-corrected chi connectivity index (χ3v) is 4.10. The van der Waals surface area contributed by atoms with Crippen molar-refractivity contribution in [2.75, 3.05) is 13.2 Å². The minimum Gasteiger partial charge on any atom is -0.375 e. The second-order valence-electron chi connectivity index (χ2n) is 2.68. The van der Waals surface area contributed by atoms with Gasteiger partial charge in [-0.15, -0.1) is 0 Å². The molecule has 2 rings (SSSR count). The van der Waals surface area contributed by atoms with E-state index in [1.165, 1.54) is 6.42 Å². The molecule has 3 unspecified atom stereocenters. The molecule has 0 N–H and O–H groups in total. The maximum absolute atomic E-state index is 5.41. The van der Waals surface area contributed by atoms with Crippen molar-refractivity contribution in [3.63, 3.8) is 0 Å². The highest BCUT2D eigenvalue weighted by molar-refractivity contribution is 8.75. The summed E-state index contributed by atoms with van der Waals surface area (Å²) >= 11 is 9.30. The summed E-state index contributed by atoms with van der Waals surface area (Å²) < 4.78 is 7.67. The molecule has 2 aliphatic heterocycles. The van der Waals surface area contributed by atoms with Crippen molar-refractivity contribution in [1.82, 2.24) is 4.31 Å². The van der Waals surface area contributed by atoms with Crippen molar-refractivity contribution in [2.45, 2.75) is 18.6 Å². The van der Waals surface area contributed by atoms with Crippen LogP contribution in [-0.2, 0) is 24.6 Å². The van der Waals surface area contributed by atoms with Crippen LogP contribution in [-0.4, -0.2) is 29.6 Å². The molecular formula is C5H9NOS3. The monoisotopic (exact) mass is 195 g/mol. The molecular weight excluding hydrogens is 186 g/mol. The van der Waals surface area contributed by atoms with E-state index in [9.17, 15) is 0 Å². The number of thiol groups is 1. The summed E-state index contributed by atoms with van der Waals surface area (Å²) in [6.45, 7) is 1.87. The van der Waals surface area contributed by atoms with E-state index < -0.39 is 0 Å². The Hall–Kier alpha value is 0.840. The normalized spacial score (nSPS) is 42.5. The summed E-state index contributed by atoms with van der Waals surface area (Å²) in [5, 5.41) is 0. The molecule has 0 aliphatic carbocycles. The Bertz CT molecular complexity index is 174. The van der Waals surface area contributed by atoms with E-state index >= 15 is 0 Å². The highest BCUT2D eigenvalue weighted by atomic mass is 33.3. The number of nitrogens with zero attached hydrogens (tertiary/aromatic N) is 1. The van der Waals surface area contributed by atoms with Gasteiger partial charge < -0.3 is 4.74 Å². The molecule has 5 heteroatoms. The second kappa shape index (κ2) is 2.71. The van der Waals surface area contributed by atoms with Crippen LogP contribution >= 0.6 is 11.7 Å². The van der Waals surface area contributed by atoms with Gasteiger partial charge in [0.15, 0.2) is 0 Å². The quantitative estimate of drug-likeness (QED) is 0.477. The lowest BCUT2D eigenvalue weighted by atomic mass is 10.3. The zero-order chi connectivity index (χ0) is 7.14. The minimum absolute atomic E-state index is 0.259. The molecule has 2 heterocycles. The predicted octanol–water partition coefficient (Wildman–Crippen LogP) is 0.299. The lowest BCUT2D eigenvalue weighted by Gasteiger charge is -2.24. The molecule has 0 aromatic rings. The van der Waals surface area contributed by atoms with E-state index in [1.807, 2.05) is 0 Å². The fourth-order valence-electron chi connectivity index (χ4n) is 1.56. The fraction of sp³-hybridized carbons (Fsp3) is 1.00. The lowest BCUT2D eigenvalue weighted by molar-refractivity contribution is 0.0643. The first-order valence-corrected chi connectivity index (χ1v) is 6.42. The van der Waals surface area contributed by atoms with Gasteiger partial charge in [-0.05, 0) is 17.6 Å². The summed E-state index contributed by atoms with van der Waals surface area (Å²) in [6.07, 6.45) is 1.62. The maximum atomic E-state index is 5.41. The zero-order valence-corrected chi connectivity index (χ0v) is 7.92. The van der Waals surface area contributed by atoms with Crippen molar-refractivity contribution in [3.05, 3.63) is 0 Å². The van der Waals surface area contributed by atoms with Gasteiger partial charge in [-0.25, -0.2) is 4.31 Å². The maximum Gasteiger partial charge on any atom is 0.0728 e. The average Bonchev–Trinajstić information content (AvgIpc) is 2.44. The predicted molar refractivity (Wildman–Crippen MR) is 48.6 cm³/mol. The van der Waals surface area contributed by atoms with Gasteiger partial charge in [-0.3, -0.25) is 0 Å². The molecule has 0 aromatic carbocycles. The van der Waals surface area contributed by atoms with Gasteiger partial charge in [0.1, 0.15) is 0 Å². The molecule has 2 nitrogen and oxygen atoms in total. The molecule has 3 atom stereocenters. The van der Waals surface area contributed by atoms with Gasteiger partial charge >= 0.3 is 0 Å². The van der Waals surface area contributed by atoms with Crippen molar-refractivity contribution in [1.29, 1.82) is 0 Å². The van der Waals surface area contributed by atoms with Crippen LogP contribution in [0.2, 0.25) is 0 Å². The number of hydrogen-bond acceptors (Lipinski definition) is 2. The van der Waals surface area contributed by atoms with Gasteiger partial charge in [0.2, 0.25) is 0 Å². The Morgan fingerprint density at radius 3 is 2.80 bits per heavy atom. The molecule has 2 fully saturated rings. The molecule has 2 saturated heterocycles. The topological polar surface area (TPSA) is 12.5 Å². The Morgan fingerprint density at radius 2 is 2.50 bits per heavy atom. The molecule has 0 amide bonds. The van der Waals surface area contributed by atoms with E-state index in [1.54, 1.807) is 0 Å². The molecule has 0 aromatic heterocycles. The number of hydrogen-bond donors (Lipinski definition) is 1. The number of morpholine rings is 1. The zero-order valence-electron chi connectivity index (χ0n) is 5.40. The van der Waals surface area contributed by atoms with Crippen LogP contribution in [0, 0.1) is 0 Å². The first kappa shape index (κ1) is 7.49. The highest BCUT2D eigenvalue weighted by Crippen LogP contribution is 2.29. The van der Waals surface area contributed by atoms with Crippen molar-refractivity contribution in [2.24, 2.45) is 0 Å². The SMILES string of the molecule is S=S(S)N1CC2CC1CO2. The molecule has 58 valence electrons. The van der Waals surface area contributed by atoms with Crippen LogP contribution in [0.1, 0.15) is 6.42 Å². The Kier molecular flexibility index (Phi) is 2.03. The lowest BCUT2D eigenvalue weighted by Crippen LogP contribution is -2.35. The van der Waals surface area contributed by atoms with Crippen LogP contribution in [0.5, 0.6) is 0 Å². The number of rotatable bonds is 1. The van der Waals surface area contributed by atoms with Crippen LogP contribution < -0.4 is 0 Å². The van der Waals surface area contributed by atoms with Gasteiger partial charge in [-0.1, -0.05) is 11.7 Å². The smallest absolute Gasteiger partial charge is 0.0728 e. The largest absolute Gasteiger partial charge is 0.375 e. The molecule has 2 aliphatic rings. The summed E-state index contributed by atoms with van der Waals surface area (Å²) in [4.78, 5) is 0. The van der Waals surface area contributed by atoms with E-state index in [0.29, 0.717) is 12.1 Å². The van der Waals surface area contributed by atoms with E-state index in [-0.39, 0.29) is 8.67 Å². The van der Waals surface area contributed by atoms with Crippen LogP contribution in [0.3, 0.4) is 0 Å². The van der Waals surface area contributed by atoms with E-state index in [0.717, 1.165) is 13.2 Å². The van der Waals surface area contributed by atoms with Crippen molar-refractivity contribution >= 4 is 31.5 Å². The first-order chi connectivity index (χ1) is 4.77. The van der Waals surface area contributed by atoms with Crippen LogP contribution in [0.25, 0.3) is 0 Å². The first-order valence-electron chi connectivity index (χ1n) is 3.26. The van der Waals surface area contributed by atoms with Gasteiger partial charge in [0.05, 0.1) is 12.7 Å². The third kappa shape index (κ3) is 1.14.